The van der Waals surface area contributed by atoms with Crippen LogP contribution in [-0.2, 0) is 16.1 Å². The van der Waals surface area contributed by atoms with Crippen LogP contribution in [0, 0.1) is 0 Å². The highest BCUT2D eigenvalue weighted by Gasteiger charge is 2.33. The largest absolute Gasteiger partial charge is 0.343 e. The highest BCUT2D eigenvalue weighted by molar-refractivity contribution is 6.05. The molecule has 0 saturated carbocycles. The molecule has 1 saturated heterocycles. The second-order valence-electron chi connectivity index (χ2n) is 4.36. The fraction of sp³-hybridized carbons (Fsp3) is 0.583. The third-order valence-corrected chi connectivity index (χ3v) is 3.01. The number of nitrogens with one attached hydrogen (secondary N) is 1. The Labute approximate surface area is 106 Å². The summed E-state index contributed by atoms with van der Waals surface area (Å²) in [7, 11) is 0. The molecule has 18 heavy (non-hydrogen) atoms. The number of anilines is 1. The van der Waals surface area contributed by atoms with Gasteiger partial charge in [0.1, 0.15) is 12.6 Å². The summed E-state index contributed by atoms with van der Waals surface area (Å²) in [5, 5.41) is 7.00. The van der Waals surface area contributed by atoms with Crippen molar-refractivity contribution < 1.29 is 9.59 Å². The molecule has 2 heterocycles. The molecule has 1 aromatic rings. The summed E-state index contributed by atoms with van der Waals surface area (Å²) < 4.78 is 1.74. The lowest BCUT2D eigenvalue weighted by Crippen LogP contribution is -2.58. The van der Waals surface area contributed by atoms with Gasteiger partial charge in [0.05, 0.1) is 0 Å². The van der Waals surface area contributed by atoms with Crippen LogP contribution in [0.3, 0.4) is 0 Å². The van der Waals surface area contributed by atoms with Gasteiger partial charge in [-0.25, -0.2) is 0 Å². The molecule has 6 heteroatoms. The summed E-state index contributed by atoms with van der Waals surface area (Å²) in [6.07, 6.45) is 3.33. The predicted molar refractivity (Wildman–Crippen MR) is 67.1 cm³/mol. The molecule has 6 nitrogen and oxygen atoms in total. The lowest BCUT2D eigenvalue weighted by atomic mass is 10.1. The van der Waals surface area contributed by atoms with Crippen LogP contribution in [0.5, 0.6) is 0 Å². The van der Waals surface area contributed by atoms with Crippen molar-refractivity contribution >= 4 is 17.6 Å². The lowest BCUT2D eigenvalue weighted by molar-refractivity contribution is -0.131. The maximum atomic E-state index is 12.2. The Morgan fingerprint density at radius 3 is 2.83 bits per heavy atom. The first-order valence-electron chi connectivity index (χ1n) is 6.30. The van der Waals surface area contributed by atoms with Crippen LogP contribution in [0.25, 0.3) is 0 Å². The van der Waals surface area contributed by atoms with Crippen LogP contribution < -0.4 is 10.2 Å². The molecule has 2 amide bonds. The lowest BCUT2D eigenvalue weighted by Gasteiger charge is -2.30. The molecule has 1 aliphatic heterocycles. The number of nitrogens with zero attached hydrogens (tertiary/aromatic N) is 3. The van der Waals surface area contributed by atoms with Gasteiger partial charge in [-0.1, -0.05) is 13.3 Å². The predicted octanol–water partition coefficient (Wildman–Crippen LogP) is 0.534. The van der Waals surface area contributed by atoms with E-state index in [1.54, 1.807) is 10.7 Å². The summed E-state index contributed by atoms with van der Waals surface area (Å²) in [6, 6.07) is 1.35. The van der Waals surface area contributed by atoms with Crippen LogP contribution in [-0.4, -0.2) is 34.2 Å². The van der Waals surface area contributed by atoms with E-state index in [2.05, 4.69) is 10.4 Å². The number of hydrogen-bond acceptors (Lipinski definition) is 3. The van der Waals surface area contributed by atoms with Gasteiger partial charge in [-0.15, -0.1) is 0 Å². The minimum absolute atomic E-state index is 0.0553. The van der Waals surface area contributed by atoms with Crippen LogP contribution in [0.15, 0.2) is 12.3 Å². The quantitative estimate of drug-likeness (QED) is 0.847. The molecule has 0 radical (unpaired) electrons. The van der Waals surface area contributed by atoms with E-state index in [0.717, 1.165) is 13.0 Å². The van der Waals surface area contributed by atoms with Crippen molar-refractivity contribution in [3.8, 4) is 0 Å². The number of hydrogen-bond donors (Lipinski definition) is 1. The van der Waals surface area contributed by atoms with Crippen molar-refractivity contribution in [3.63, 3.8) is 0 Å². The van der Waals surface area contributed by atoms with Crippen LogP contribution in [0.2, 0.25) is 0 Å². The molecule has 0 aliphatic carbocycles. The Bertz CT molecular complexity index is 455. The first-order chi connectivity index (χ1) is 8.65. The van der Waals surface area contributed by atoms with E-state index >= 15 is 0 Å². The van der Waals surface area contributed by atoms with Gasteiger partial charge < -0.3 is 5.32 Å². The first kappa shape index (κ1) is 12.6. The number of rotatable bonds is 4. The normalized spacial score (nSPS) is 20.1. The standard InChI is InChI=1S/C12H18N4O2/c1-3-5-9-12(18)16(8-11(17)13-9)10-6-7-15(4-2)14-10/h6-7,9H,3-5,8H2,1-2H3,(H,13,17). The topological polar surface area (TPSA) is 67.2 Å². The first-order valence-corrected chi connectivity index (χ1v) is 6.30. The second kappa shape index (κ2) is 5.20. The van der Waals surface area contributed by atoms with Gasteiger partial charge in [0.15, 0.2) is 5.82 Å². The van der Waals surface area contributed by atoms with Crippen molar-refractivity contribution in [2.24, 2.45) is 0 Å². The summed E-state index contributed by atoms with van der Waals surface area (Å²) >= 11 is 0. The van der Waals surface area contributed by atoms with Gasteiger partial charge in [0.2, 0.25) is 5.91 Å². The van der Waals surface area contributed by atoms with Crippen molar-refractivity contribution in [1.82, 2.24) is 15.1 Å². The van der Waals surface area contributed by atoms with Gasteiger partial charge in [-0.3, -0.25) is 19.2 Å². The van der Waals surface area contributed by atoms with Crippen LogP contribution in [0.4, 0.5) is 5.82 Å². The summed E-state index contributed by atoms with van der Waals surface area (Å²) in [4.78, 5) is 25.3. The van der Waals surface area contributed by atoms with Crippen molar-refractivity contribution in [1.29, 1.82) is 0 Å². The fourth-order valence-electron chi connectivity index (χ4n) is 2.06. The second-order valence-corrected chi connectivity index (χ2v) is 4.36. The molecule has 1 atom stereocenters. The maximum Gasteiger partial charge on any atom is 0.251 e. The summed E-state index contributed by atoms with van der Waals surface area (Å²) in [5.41, 5.74) is 0. The van der Waals surface area contributed by atoms with E-state index in [4.69, 9.17) is 0 Å². The molecule has 1 aliphatic rings. The smallest absolute Gasteiger partial charge is 0.251 e. The minimum atomic E-state index is -0.414. The molecule has 0 aromatic carbocycles. The highest BCUT2D eigenvalue weighted by Crippen LogP contribution is 2.16. The average molecular weight is 250 g/mol. The van der Waals surface area contributed by atoms with E-state index in [-0.39, 0.29) is 18.4 Å². The Morgan fingerprint density at radius 1 is 1.44 bits per heavy atom. The average Bonchev–Trinajstić information content (AvgIpc) is 2.82. The maximum absolute atomic E-state index is 12.2. The zero-order chi connectivity index (χ0) is 13.1. The number of carbonyl (C=O) groups excluding carboxylic acids is 2. The minimum Gasteiger partial charge on any atom is -0.343 e. The Kier molecular flexibility index (Phi) is 3.64. The number of aryl methyl sites for hydroxylation is 1. The molecule has 1 aromatic heterocycles. The molecule has 1 N–H and O–H groups in total. The van der Waals surface area contributed by atoms with E-state index < -0.39 is 6.04 Å². The van der Waals surface area contributed by atoms with E-state index in [0.29, 0.717) is 12.2 Å². The zero-order valence-corrected chi connectivity index (χ0v) is 10.7. The third kappa shape index (κ3) is 2.37. The Morgan fingerprint density at radius 2 is 2.22 bits per heavy atom. The SMILES string of the molecule is CCCC1NC(=O)CN(c2ccn(CC)n2)C1=O. The summed E-state index contributed by atoms with van der Waals surface area (Å²) in [6.45, 7) is 4.76. The number of aromatic nitrogens is 2. The molecule has 0 bridgehead atoms. The molecule has 0 spiro atoms. The molecule has 98 valence electrons. The Balaban J connectivity index is 2.20. The van der Waals surface area contributed by atoms with Gasteiger partial charge in [0.25, 0.3) is 5.91 Å². The van der Waals surface area contributed by atoms with E-state index in [1.165, 1.54) is 4.90 Å². The molecule has 2 rings (SSSR count). The van der Waals surface area contributed by atoms with Gasteiger partial charge in [0, 0.05) is 18.8 Å². The number of piperazine rings is 1. The monoisotopic (exact) mass is 250 g/mol. The summed E-state index contributed by atoms with van der Waals surface area (Å²) in [5.74, 6) is 0.356. The van der Waals surface area contributed by atoms with Crippen LogP contribution >= 0.6 is 0 Å². The molecule has 1 unspecified atom stereocenters. The van der Waals surface area contributed by atoms with Gasteiger partial charge in [-0.05, 0) is 13.3 Å². The van der Waals surface area contributed by atoms with Gasteiger partial charge in [-0.2, -0.15) is 5.10 Å². The molecular formula is C12H18N4O2. The van der Waals surface area contributed by atoms with Gasteiger partial charge >= 0.3 is 0 Å². The zero-order valence-electron chi connectivity index (χ0n) is 10.7. The van der Waals surface area contributed by atoms with Crippen molar-refractivity contribution in [2.45, 2.75) is 39.3 Å². The molecular weight excluding hydrogens is 232 g/mol. The number of amides is 2. The number of carbonyl (C=O) groups is 2. The van der Waals surface area contributed by atoms with Crippen molar-refractivity contribution in [2.75, 3.05) is 11.4 Å². The fourth-order valence-corrected chi connectivity index (χ4v) is 2.06. The van der Waals surface area contributed by atoms with E-state index in [9.17, 15) is 9.59 Å². The third-order valence-electron chi connectivity index (χ3n) is 3.01. The Hall–Kier alpha value is -1.85. The van der Waals surface area contributed by atoms with E-state index in [1.807, 2.05) is 20.0 Å². The van der Waals surface area contributed by atoms with Crippen LogP contribution in [0.1, 0.15) is 26.7 Å². The van der Waals surface area contributed by atoms with Crippen molar-refractivity contribution in [3.05, 3.63) is 12.3 Å². The highest BCUT2D eigenvalue weighted by atomic mass is 16.2. The molecule has 1 fully saturated rings.